The summed E-state index contributed by atoms with van der Waals surface area (Å²) in [5.41, 5.74) is 2.55. The monoisotopic (exact) mass is 393 g/mol. The van der Waals surface area contributed by atoms with Crippen LogP contribution in [0.4, 0.5) is 0 Å². The molecule has 0 bridgehead atoms. The number of nitrogens with zero attached hydrogens (tertiary/aromatic N) is 5. The normalized spacial score (nSPS) is 22.4. The van der Waals surface area contributed by atoms with Crippen molar-refractivity contribution >= 4 is 23.2 Å². The number of tetrazole rings is 1. The van der Waals surface area contributed by atoms with Gasteiger partial charge in [0.25, 0.3) is 0 Å². The molecule has 0 aliphatic heterocycles. The van der Waals surface area contributed by atoms with Gasteiger partial charge in [0.05, 0.1) is 36.4 Å². The summed E-state index contributed by atoms with van der Waals surface area (Å²) in [5, 5.41) is 28.9. The third-order valence-corrected chi connectivity index (χ3v) is 5.36. The average molecular weight is 393 g/mol. The second-order valence-corrected chi connectivity index (χ2v) is 7.37. The number of rotatable bonds is 7. The Kier molecular flexibility index (Phi) is 6.45. The molecule has 3 N–H and O–H groups in total. The van der Waals surface area contributed by atoms with Gasteiger partial charge in [-0.1, -0.05) is 0 Å². The smallest absolute Gasteiger partial charge is 0.223 e. The Hall–Kier alpha value is -2.40. The molecule has 0 aromatic carbocycles. The lowest BCUT2D eigenvalue weighted by Crippen LogP contribution is -2.49. The molecule has 3 rings (SSSR count). The summed E-state index contributed by atoms with van der Waals surface area (Å²) in [6, 6.07) is -0.434. The number of carbonyl (C=O) groups excluding carboxylic acids is 2. The predicted molar refractivity (Wildman–Crippen MR) is 96.4 cm³/mol. The first-order chi connectivity index (χ1) is 13.0. The predicted octanol–water partition coefficient (Wildman–Crippen LogP) is -0.210. The quantitative estimate of drug-likeness (QED) is 0.592. The van der Waals surface area contributed by atoms with Crippen molar-refractivity contribution in [2.75, 3.05) is 0 Å². The topological polar surface area (TPSA) is 135 Å². The minimum Gasteiger partial charge on any atom is -0.391 e. The van der Waals surface area contributed by atoms with Crippen molar-refractivity contribution in [3.05, 3.63) is 22.4 Å². The first-order valence-electron chi connectivity index (χ1n) is 8.88. The Morgan fingerprint density at radius 1 is 1.41 bits per heavy atom. The van der Waals surface area contributed by atoms with Crippen molar-refractivity contribution in [1.82, 2.24) is 35.8 Å². The van der Waals surface area contributed by atoms with Gasteiger partial charge in [-0.05, 0) is 36.6 Å². The minimum atomic E-state index is -0.647. The van der Waals surface area contributed by atoms with E-state index in [4.69, 9.17) is 0 Å². The summed E-state index contributed by atoms with van der Waals surface area (Å²) >= 11 is 1.48. The van der Waals surface area contributed by atoms with Gasteiger partial charge in [0.2, 0.25) is 11.8 Å². The van der Waals surface area contributed by atoms with Gasteiger partial charge >= 0.3 is 0 Å². The number of aliphatic hydroxyl groups is 1. The zero-order valence-electron chi connectivity index (χ0n) is 15.0. The molecule has 146 valence electrons. The summed E-state index contributed by atoms with van der Waals surface area (Å²) in [5.74, 6) is 0.132. The van der Waals surface area contributed by atoms with Crippen molar-refractivity contribution in [2.45, 2.75) is 57.8 Å². The van der Waals surface area contributed by atoms with E-state index in [-0.39, 0.29) is 24.2 Å². The Morgan fingerprint density at radius 2 is 2.26 bits per heavy atom. The molecule has 1 saturated carbocycles. The van der Waals surface area contributed by atoms with E-state index in [2.05, 4.69) is 31.1 Å². The molecule has 2 aromatic rings. The van der Waals surface area contributed by atoms with E-state index in [0.717, 1.165) is 5.69 Å². The zero-order chi connectivity index (χ0) is 19.2. The number of aryl methyl sites for hydroxylation is 2. The molecule has 27 heavy (non-hydrogen) atoms. The van der Waals surface area contributed by atoms with Crippen molar-refractivity contribution in [3.63, 3.8) is 0 Å². The standard InChI is InChI=1S/C16H23N7O3S/c1-10-20-21-22-23(10)5-4-15(25)19-13-6-11(2-3-14(13)24)16(26)17-7-12-8-27-9-18-12/h8-9,11,13-14,24H,2-7H2,1H3,(H,17,26)(H,19,25)/t11-,13+,14+/m0/s1. The van der Waals surface area contributed by atoms with Crippen molar-refractivity contribution in [1.29, 1.82) is 0 Å². The SMILES string of the molecule is Cc1nnnn1CCC(=O)N[C@@H]1C[C@@H](C(=O)NCc2cscn2)CC[C@H]1O. The van der Waals surface area contributed by atoms with Crippen LogP contribution in [0.3, 0.4) is 0 Å². The maximum atomic E-state index is 12.4. The highest BCUT2D eigenvalue weighted by Gasteiger charge is 2.33. The number of hydrogen-bond acceptors (Lipinski definition) is 8. The first-order valence-corrected chi connectivity index (χ1v) is 9.82. The summed E-state index contributed by atoms with van der Waals surface area (Å²) in [6.07, 6.45) is 1.05. The van der Waals surface area contributed by atoms with Crippen LogP contribution in [0.25, 0.3) is 0 Å². The second-order valence-electron chi connectivity index (χ2n) is 6.65. The van der Waals surface area contributed by atoms with Gasteiger partial charge in [-0.2, -0.15) is 0 Å². The van der Waals surface area contributed by atoms with E-state index in [1.807, 2.05) is 5.38 Å². The Balaban J connectivity index is 1.46. The molecule has 1 aliphatic carbocycles. The molecular formula is C16H23N7O3S. The van der Waals surface area contributed by atoms with E-state index >= 15 is 0 Å². The van der Waals surface area contributed by atoms with Crippen LogP contribution in [0.1, 0.15) is 37.2 Å². The maximum absolute atomic E-state index is 12.4. The van der Waals surface area contributed by atoms with Crippen molar-refractivity contribution in [2.24, 2.45) is 5.92 Å². The molecule has 2 heterocycles. The van der Waals surface area contributed by atoms with Crippen LogP contribution in [0, 0.1) is 12.8 Å². The molecule has 3 atom stereocenters. The molecule has 0 unspecified atom stereocenters. The van der Waals surface area contributed by atoms with Gasteiger partial charge in [0, 0.05) is 17.7 Å². The number of thiazole rings is 1. The van der Waals surface area contributed by atoms with Crippen LogP contribution in [0.5, 0.6) is 0 Å². The Morgan fingerprint density at radius 3 is 2.96 bits per heavy atom. The Bertz CT molecular complexity index is 764. The van der Waals surface area contributed by atoms with Crippen LogP contribution in [-0.2, 0) is 22.7 Å². The van der Waals surface area contributed by atoms with Gasteiger partial charge in [-0.3, -0.25) is 9.59 Å². The molecule has 0 spiro atoms. The van der Waals surface area contributed by atoms with E-state index in [1.54, 1.807) is 17.1 Å². The summed E-state index contributed by atoms with van der Waals surface area (Å²) in [7, 11) is 0. The molecule has 0 radical (unpaired) electrons. The maximum Gasteiger partial charge on any atom is 0.223 e. The second kappa shape index (κ2) is 9.00. The van der Waals surface area contributed by atoms with Crippen molar-refractivity contribution in [3.8, 4) is 0 Å². The van der Waals surface area contributed by atoms with Gasteiger partial charge in [0.1, 0.15) is 5.82 Å². The van der Waals surface area contributed by atoms with Crippen LogP contribution in [0.15, 0.2) is 10.9 Å². The van der Waals surface area contributed by atoms with Crippen LogP contribution in [-0.4, -0.2) is 54.3 Å². The van der Waals surface area contributed by atoms with Gasteiger partial charge in [-0.15, -0.1) is 16.4 Å². The van der Waals surface area contributed by atoms with E-state index in [9.17, 15) is 14.7 Å². The van der Waals surface area contributed by atoms with Gasteiger partial charge in [0.15, 0.2) is 0 Å². The fourth-order valence-corrected chi connectivity index (χ4v) is 3.70. The zero-order valence-corrected chi connectivity index (χ0v) is 15.9. The molecule has 1 aliphatic rings. The largest absolute Gasteiger partial charge is 0.391 e. The number of amides is 2. The van der Waals surface area contributed by atoms with Crippen LogP contribution in [0.2, 0.25) is 0 Å². The number of nitrogens with one attached hydrogen (secondary N) is 2. The highest BCUT2D eigenvalue weighted by atomic mass is 32.1. The number of hydrogen-bond donors (Lipinski definition) is 3. The summed E-state index contributed by atoms with van der Waals surface area (Å²) in [4.78, 5) is 28.7. The highest BCUT2D eigenvalue weighted by Crippen LogP contribution is 2.25. The first kappa shape index (κ1) is 19.4. The fourth-order valence-electron chi connectivity index (χ4n) is 3.14. The Labute approximate surface area is 160 Å². The van der Waals surface area contributed by atoms with Gasteiger partial charge < -0.3 is 15.7 Å². The van der Waals surface area contributed by atoms with Crippen LogP contribution < -0.4 is 10.6 Å². The number of aliphatic hydroxyl groups excluding tert-OH is 1. The lowest BCUT2D eigenvalue weighted by molar-refractivity contribution is -0.129. The third-order valence-electron chi connectivity index (χ3n) is 4.72. The van der Waals surface area contributed by atoms with E-state index in [0.29, 0.717) is 38.2 Å². The third kappa shape index (κ3) is 5.30. The van der Waals surface area contributed by atoms with E-state index < -0.39 is 12.1 Å². The lowest BCUT2D eigenvalue weighted by Gasteiger charge is -2.33. The fraction of sp³-hybridized carbons (Fsp3) is 0.625. The molecule has 2 amide bonds. The van der Waals surface area contributed by atoms with Crippen molar-refractivity contribution < 1.29 is 14.7 Å². The molecule has 1 fully saturated rings. The number of aromatic nitrogens is 5. The summed E-state index contributed by atoms with van der Waals surface area (Å²) < 4.78 is 1.55. The molecule has 11 heteroatoms. The highest BCUT2D eigenvalue weighted by molar-refractivity contribution is 7.07. The molecular weight excluding hydrogens is 370 g/mol. The van der Waals surface area contributed by atoms with E-state index in [1.165, 1.54) is 11.3 Å². The lowest BCUT2D eigenvalue weighted by atomic mass is 9.83. The van der Waals surface area contributed by atoms with Crippen LogP contribution >= 0.6 is 11.3 Å². The number of carbonyl (C=O) groups is 2. The molecule has 2 aromatic heterocycles. The average Bonchev–Trinajstić information content (AvgIpc) is 3.31. The van der Waals surface area contributed by atoms with Gasteiger partial charge in [-0.25, -0.2) is 9.67 Å². The minimum absolute atomic E-state index is 0.0709. The summed E-state index contributed by atoms with van der Waals surface area (Å²) in [6.45, 7) is 2.52. The molecule has 0 saturated heterocycles. The molecule has 10 nitrogen and oxygen atoms in total.